The number of rotatable bonds is 11. The number of nitrogens with zero attached hydrogens (tertiary/aromatic N) is 2. The minimum Gasteiger partial charge on any atom is -0.481 e. The van der Waals surface area contributed by atoms with Crippen molar-refractivity contribution in [2.45, 2.75) is 42.8 Å². The first-order valence-corrected chi connectivity index (χ1v) is 12.0. The molecule has 1 fully saturated rings. The molecule has 172 valence electrons. The predicted molar refractivity (Wildman–Crippen MR) is 130 cm³/mol. The number of carbonyl (C=O) groups is 2. The van der Waals surface area contributed by atoms with Crippen LogP contribution in [0.3, 0.4) is 0 Å². The Hall–Kier alpha value is -2.71. The van der Waals surface area contributed by atoms with Crippen LogP contribution in [-0.2, 0) is 20.7 Å². The number of hydrazine groups is 1. The minimum atomic E-state index is -1.00. The first-order valence-electron chi connectivity index (χ1n) is 11.2. The van der Waals surface area contributed by atoms with Gasteiger partial charge >= 0.3 is 5.97 Å². The van der Waals surface area contributed by atoms with E-state index >= 15 is 0 Å². The lowest BCUT2D eigenvalue weighted by Crippen LogP contribution is -2.49. The third kappa shape index (κ3) is 6.00. The Kier molecular flexibility index (Phi) is 8.12. The number of ether oxygens (including phenoxy) is 1. The molecule has 0 saturated carbocycles. The summed E-state index contributed by atoms with van der Waals surface area (Å²) in [6.45, 7) is 1.26. The van der Waals surface area contributed by atoms with E-state index in [-0.39, 0.29) is 12.6 Å². The van der Waals surface area contributed by atoms with Crippen molar-refractivity contribution in [3.8, 4) is 0 Å². The van der Waals surface area contributed by atoms with E-state index in [0.717, 1.165) is 30.4 Å². The smallest absolute Gasteiger partial charge is 0.305 e. The van der Waals surface area contributed by atoms with Gasteiger partial charge in [-0.25, -0.2) is 5.01 Å². The van der Waals surface area contributed by atoms with E-state index in [2.05, 4.69) is 30.3 Å². The molecule has 0 aliphatic carbocycles. The maximum Gasteiger partial charge on any atom is 0.305 e. The van der Waals surface area contributed by atoms with Gasteiger partial charge in [-0.2, -0.15) is 4.41 Å². The van der Waals surface area contributed by atoms with Crippen molar-refractivity contribution in [3.63, 3.8) is 0 Å². The van der Waals surface area contributed by atoms with Crippen molar-refractivity contribution in [2.75, 3.05) is 13.2 Å². The summed E-state index contributed by atoms with van der Waals surface area (Å²) < 4.78 is 8.09. The molecule has 2 unspecified atom stereocenters. The number of carbonyl (C=O) groups excluding carboxylic acids is 1. The molecule has 4 rings (SSSR count). The number of aliphatic carboxylic acids is 1. The largest absolute Gasteiger partial charge is 0.481 e. The minimum absolute atomic E-state index is 0.201. The Labute approximate surface area is 198 Å². The van der Waals surface area contributed by atoms with Gasteiger partial charge in [0.25, 0.3) is 0 Å². The molecule has 7 heteroatoms. The first kappa shape index (κ1) is 23.4. The third-order valence-corrected chi connectivity index (χ3v) is 6.90. The van der Waals surface area contributed by atoms with Gasteiger partial charge in [-0.1, -0.05) is 60.7 Å². The number of benzene rings is 3. The lowest BCUT2D eigenvalue weighted by Gasteiger charge is -2.37. The second-order valence-electron chi connectivity index (χ2n) is 8.03. The second-order valence-corrected chi connectivity index (χ2v) is 9.06. The molecule has 2 atom stereocenters. The summed E-state index contributed by atoms with van der Waals surface area (Å²) in [6, 6.07) is 23.5. The molecule has 0 radical (unpaired) electrons. The van der Waals surface area contributed by atoms with Gasteiger partial charge in [0, 0.05) is 11.4 Å². The molecule has 6 nitrogen and oxygen atoms in total. The van der Waals surface area contributed by atoms with Gasteiger partial charge in [0.15, 0.2) is 0 Å². The van der Waals surface area contributed by atoms with Crippen molar-refractivity contribution >= 4 is 35.0 Å². The average Bonchev–Trinajstić information content (AvgIpc) is 3.30. The van der Waals surface area contributed by atoms with Gasteiger partial charge in [-0.15, -0.1) is 0 Å². The zero-order valence-corrected chi connectivity index (χ0v) is 19.2. The van der Waals surface area contributed by atoms with E-state index in [4.69, 9.17) is 4.74 Å². The molecule has 1 aliphatic rings. The van der Waals surface area contributed by atoms with Gasteiger partial charge in [-0.3, -0.25) is 4.79 Å². The highest BCUT2D eigenvalue weighted by Gasteiger charge is 2.36. The maximum absolute atomic E-state index is 11.9. The summed E-state index contributed by atoms with van der Waals surface area (Å²) in [4.78, 5) is 24.2. The normalized spacial score (nSPS) is 17.4. The molecular formula is C26H28N2O4S. The van der Waals surface area contributed by atoms with Crippen molar-refractivity contribution in [3.05, 3.63) is 78.4 Å². The lowest BCUT2D eigenvalue weighted by atomic mass is 10.0. The highest BCUT2D eigenvalue weighted by molar-refractivity contribution is 7.97. The quantitative estimate of drug-likeness (QED) is 0.323. The highest BCUT2D eigenvalue weighted by atomic mass is 32.2. The standard InChI is InChI=1S/C26H28N2O4S/c29-19-22(18-26(30)31)28(33-23-11-2-1-3-12-23)27-16-7-14-25(27)32-17-15-21-10-6-9-20-8-4-5-13-24(20)21/h1-6,8-13,19,22,25H,7,14-18H2,(H,30,31). The monoisotopic (exact) mass is 464 g/mol. The van der Waals surface area contributed by atoms with Crippen LogP contribution >= 0.6 is 11.9 Å². The fourth-order valence-corrected chi connectivity index (χ4v) is 5.23. The lowest BCUT2D eigenvalue weighted by molar-refractivity contribution is -0.146. The molecule has 1 saturated heterocycles. The molecule has 3 aromatic carbocycles. The maximum atomic E-state index is 11.9. The third-order valence-electron chi connectivity index (χ3n) is 5.75. The molecule has 0 amide bonds. The van der Waals surface area contributed by atoms with E-state index in [1.165, 1.54) is 28.3 Å². The first-order chi connectivity index (χ1) is 16.2. The van der Waals surface area contributed by atoms with Crippen molar-refractivity contribution in [2.24, 2.45) is 0 Å². The van der Waals surface area contributed by atoms with Gasteiger partial charge in [0.2, 0.25) is 0 Å². The van der Waals surface area contributed by atoms with E-state index in [9.17, 15) is 14.7 Å². The molecule has 3 aromatic rings. The summed E-state index contributed by atoms with van der Waals surface area (Å²) in [6.07, 6.45) is 2.79. The highest BCUT2D eigenvalue weighted by Crippen LogP contribution is 2.33. The van der Waals surface area contributed by atoms with Crippen LogP contribution in [0.1, 0.15) is 24.8 Å². The number of hydrogen-bond donors (Lipinski definition) is 1. The van der Waals surface area contributed by atoms with Gasteiger partial charge in [0.1, 0.15) is 18.6 Å². The second kappa shape index (κ2) is 11.4. The molecule has 33 heavy (non-hydrogen) atoms. The van der Waals surface area contributed by atoms with Crippen LogP contribution in [0.5, 0.6) is 0 Å². The molecule has 1 aliphatic heterocycles. The SMILES string of the molecule is O=CC(CC(=O)O)N(Sc1ccccc1)N1CCCC1OCCc1cccc2ccccc12. The average molecular weight is 465 g/mol. The van der Waals surface area contributed by atoms with Gasteiger partial charge < -0.3 is 14.6 Å². The summed E-state index contributed by atoms with van der Waals surface area (Å²) in [5.74, 6) is -1.00. The predicted octanol–water partition coefficient (Wildman–Crippen LogP) is 4.79. The molecule has 0 spiro atoms. The van der Waals surface area contributed by atoms with Gasteiger partial charge in [-0.05, 0) is 59.7 Å². The van der Waals surface area contributed by atoms with Crippen LogP contribution in [0.15, 0.2) is 77.7 Å². The van der Waals surface area contributed by atoms with E-state index < -0.39 is 12.0 Å². The Morgan fingerprint density at radius 3 is 2.67 bits per heavy atom. The van der Waals surface area contributed by atoms with Crippen LogP contribution in [-0.4, -0.2) is 52.2 Å². The summed E-state index contributed by atoms with van der Waals surface area (Å²) in [5.41, 5.74) is 1.24. The number of fused-ring (bicyclic) bond motifs is 1. The summed E-state index contributed by atoms with van der Waals surface area (Å²) in [7, 11) is 0. The summed E-state index contributed by atoms with van der Waals surface area (Å²) >= 11 is 1.38. The van der Waals surface area contributed by atoms with Crippen LogP contribution in [0.2, 0.25) is 0 Å². The van der Waals surface area contributed by atoms with Crippen molar-refractivity contribution < 1.29 is 19.4 Å². The Bertz CT molecular complexity index is 1070. The van der Waals surface area contributed by atoms with Crippen molar-refractivity contribution in [1.29, 1.82) is 0 Å². The number of hydrogen-bond acceptors (Lipinski definition) is 6. The Morgan fingerprint density at radius 1 is 1.12 bits per heavy atom. The number of carboxylic acids is 1. The van der Waals surface area contributed by atoms with Crippen molar-refractivity contribution in [1.82, 2.24) is 9.42 Å². The fraction of sp³-hybridized carbons (Fsp3) is 0.308. The van der Waals surface area contributed by atoms with E-state index in [0.29, 0.717) is 13.2 Å². The molecule has 0 bridgehead atoms. The van der Waals surface area contributed by atoms with Crippen LogP contribution in [0.25, 0.3) is 10.8 Å². The Morgan fingerprint density at radius 2 is 1.88 bits per heavy atom. The van der Waals surface area contributed by atoms with E-state index in [1.807, 2.05) is 47.5 Å². The molecule has 1 heterocycles. The number of carboxylic acid groups (broad SMARTS) is 1. The topological polar surface area (TPSA) is 70.1 Å². The zero-order valence-electron chi connectivity index (χ0n) is 18.4. The van der Waals surface area contributed by atoms with Crippen LogP contribution in [0, 0.1) is 0 Å². The van der Waals surface area contributed by atoms with Crippen LogP contribution in [0.4, 0.5) is 0 Å². The molecule has 1 N–H and O–H groups in total. The fourth-order valence-electron chi connectivity index (χ4n) is 4.19. The summed E-state index contributed by atoms with van der Waals surface area (Å²) in [5, 5.41) is 13.8. The number of aldehydes is 1. The van der Waals surface area contributed by atoms with E-state index in [1.54, 1.807) is 4.41 Å². The molecular weight excluding hydrogens is 436 g/mol. The zero-order chi connectivity index (χ0) is 23.0. The van der Waals surface area contributed by atoms with Crippen LogP contribution < -0.4 is 0 Å². The molecule has 0 aromatic heterocycles. The van der Waals surface area contributed by atoms with Gasteiger partial charge in [0.05, 0.1) is 13.0 Å². The Balaban J connectivity index is 1.47.